The smallest absolute Gasteiger partial charge is 0.314 e. The van der Waals surface area contributed by atoms with Crippen LogP contribution in [0.4, 0.5) is 5.69 Å². The van der Waals surface area contributed by atoms with Gasteiger partial charge in [-0.1, -0.05) is 0 Å². The Morgan fingerprint density at radius 2 is 2.19 bits per heavy atom. The summed E-state index contributed by atoms with van der Waals surface area (Å²) in [7, 11) is 1.37. The molecule has 1 rings (SSSR count). The molecule has 0 saturated heterocycles. The lowest BCUT2D eigenvalue weighted by molar-refractivity contribution is -0.385. The SMILES string of the molecule is COc1ccc(OCCC(C#N)NC(C)C)cc1[N+](=O)[O-]. The van der Waals surface area contributed by atoms with Crippen LogP contribution in [0.25, 0.3) is 0 Å². The van der Waals surface area contributed by atoms with Crippen LogP contribution >= 0.6 is 0 Å². The molecule has 0 aliphatic heterocycles. The zero-order chi connectivity index (χ0) is 15.8. The molecule has 0 aliphatic carbocycles. The number of methoxy groups -OCH3 is 1. The molecule has 0 bridgehead atoms. The average molecular weight is 293 g/mol. The van der Waals surface area contributed by atoms with Gasteiger partial charge in [-0.25, -0.2) is 0 Å². The number of ether oxygens (including phenoxy) is 2. The lowest BCUT2D eigenvalue weighted by Gasteiger charge is -2.14. The summed E-state index contributed by atoms with van der Waals surface area (Å²) in [5, 5.41) is 23.0. The summed E-state index contributed by atoms with van der Waals surface area (Å²) in [6.07, 6.45) is 0.495. The molecule has 21 heavy (non-hydrogen) atoms. The van der Waals surface area contributed by atoms with Crippen molar-refractivity contribution in [1.29, 1.82) is 5.26 Å². The van der Waals surface area contributed by atoms with Gasteiger partial charge in [-0.2, -0.15) is 5.26 Å². The fourth-order valence-corrected chi connectivity index (χ4v) is 1.78. The fraction of sp³-hybridized carbons (Fsp3) is 0.500. The molecule has 0 aliphatic rings. The Kier molecular flexibility index (Phi) is 6.43. The molecule has 0 amide bonds. The molecule has 1 aromatic rings. The molecule has 0 radical (unpaired) electrons. The van der Waals surface area contributed by atoms with Gasteiger partial charge in [0.2, 0.25) is 0 Å². The highest BCUT2D eigenvalue weighted by Crippen LogP contribution is 2.30. The van der Waals surface area contributed by atoms with Gasteiger partial charge >= 0.3 is 5.69 Å². The Hall–Kier alpha value is -2.33. The first-order chi connectivity index (χ1) is 9.97. The predicted octanol–water partition coefficient (Wildman–Crippen LogP) is 2.26. The van der Waals surface area contributed by atoms with E-state index in [4.69, 9.17) is 14.7 Å². The Labute approximate surface area is 123 Å². The lowest BCUT2D eigenvalue weighted by Crippen LogP contribution is -2.34. The molecule has 0 fully saturated rings. The second-order valence-electron chi connectivity index (χ2n) is 4.73. The first-order valence-electron chi connectivity index (χ1n) is 6.58. The maximum Gasteiger partial charge on any atom is 0.314 e. The van der Waals surface area contributed by atoms with Crippen LogP contribution in [0, 0.1) is 21.4 Å². The van der Waals surface area contributed by atoms with Gasteiger partial charge in [0.1, 0.15) is 5.75 Å². The van der Waals surface area contributed by atoms with E-state index >= 15 is 0 Å². The molecule has 0 spiro atoms. The van der Waals surface area contributed by atoms with Gasteiger partial charge in [0.05, 0.1) is 36.8 Å². The minimum Gasteiger partial charge on any atom is -0.493 e. The minimum atomic E-state index is -0.524. The number of benzene rings is 1. The minimum absolute atomic E-state index is 0.146. The predicted molar refractivity (Wildman–Crippen MR) is 77.4 cm³/mol. The van der Waals surface area contributed by atoms with Gasteiger partial charge in [0.25, 0.3) is 0 Å². The third-order valence-corrected chi connectivity index (χ3v) is 2.71. The molecule has 1 aromatic carbocycles. The summed E-state index contributed by atoms with van der Waals surface area (Å²) in [5.74, 6) is 0.562. The number of rotatable bonds is 8. The topological polar surface area (TPSA) is 97.4 Å². The number of nitrogens with one attached hydrogen (secondary N) is 1. The molecular weight excluding hydrogens is 274 g/mol. The summed E-state index contributed by atoms with van der Waals surface area (Å²) in [6.45, 7) is 4.21. The van der Waals surface area contributed by atoms with E-state index < -0.39 is 4.92 Å². The van der Waals surface area contributed by atoms with Crippen LogP contribution < -0.4 is 14.8 Å². The fourth-order valence-electron chi connectivity index (χ4n) is 1.78. The number of nitro benzene ring substituents is 1. The molecular formula is C14H19N3O4. The number of nitro groups is 1. The first-order valence-corrected chi connectivity index (χ1v) is 6.58. The highest BCUT2D eigenvalue weighted by Gasteiger charge is 2.16. The Balaban J connectivity index is 2.62. The molecule has 114 valence electrons. The highest BCUT2D eigenvalue weighted by atomic mass is 16.6. The van der Waals surface area contributed by atoms with Crippen LogP contribution in [0.5, 0.6) is 11.5 Å². The van der Waals surface area contributed by atoms with Gasteiger partial charge in [0.15, 0.2) is 5.75 Å². The molecule has 7 heteroatoms. The third-order valence-electron chi connectivity index (χ3n) is 2.71. The van der Waals surface area contributed by atoms with E-state index in [0.29, 0.717) is 18.8 Å². The quantitative estimate of drug-likeness (QED) is 0.583. The Morgan fingerprint density at radius 3 is 2.71 bits per heavy atom. The van der Waals surface area contributed by atoms with Gasteiger partial charge in [0, 0.05) is 12.5 Å². The van der Waals surface area contributed by atoms with Crippen LogP contribution in [0.1, 0.15) is 20.3 Å². The zero-order valence-corrected chi connectivity index (χ0v) is 12.3. The van der Waals surface area contributed by atoms with Crippen LogP contribution in [0.2, 0.25) is 0 Å². The normalized spacial score (nSPS) is 11.8. The van der Waals surface area contributed by atoms with Crippen molar-refractivity contribution in [1.82, 2.24) is 5.32 Å². The van der Waals surface area contributed by atoms with Crippen molar-refractivity contribution in [3.8, 4) is 17.6 Å². The second-order valence-corrected chi connectivity index (χ2v) is 4.73. The highest BCUT2D eigenvalue weighted by molar-refractivity contribution is 5.50. The van der Waals surface area contributed by atoms with E-state index in [1.165, 1.54) is 19.2 Å². The van der Waals surface area contributed by atoms with Crippen LogP contribution in [0.15, 0.2) is 18.2 Å². The van der Waals surface area contributed by atoms with Crippen molar-refractivity contribution >= 4 is 5.69 Å². The number of nitriles is 1. The van der Waals surface area contributed by atoms with Gasteiger partial charge < -0.3 is 9.47 Å². The van der Waals surface area contributed by atoms with E-state index in [1.54, 1.807) is 6.07 Å². The lowest BCUT2D eigenvalue weighted by atomic mass is 10.2. The monoisotopic (exact) mass is 293 g/mol. The summed E-state index contributed by atoms with van der Waals surface area (Å²) in [4.78, 5) is 10.4. The summed E-state index contributed by atoms with van der Waals surface area (Å²) in [5.41, 5.74) is -0.146. The van der Waals surface area contributed by atoms with E-state index in [2.05, 4.69) is 11.4 Å². The second kappa shape index (κ2) is 8.07. The van der Waals surface area contributed by atoms with Gasteiger partial charge in [-0.3, -0.25) is 15.4 Å². The Morgan fingerprint density at radius 1 is 1.48 bits per heavy atom. The third kappa shape index (κ3) is 5.28. The number of hydrogen-bond acceptors (Lipinski definition) is 6. The van der Waals surface area contributed by atoms with Crippen molar-refractivity contribution in [2.45, 2.75) is 32.4 Å². The maximum absolute atomic E-state index is 10.9. The van der Waals surface area contributed by atoms with Gasteiger partial charge in [-0.15, -0.1) is 0 Å². The maximum atomic E-state index is 10.9. The average Bonchev–Trinajstić information content (AvgIpc) is 2.45. The first kappa shape index (κ1) is 16.7. The van der Waals surface area contributed by atoms with E-state index in [0.717, 1.165) is 0 Å². The van der Waals surface area contributed by atoms with Crippen molar-refractivity contribution in [2.24, 2.45) is 0 Å². The van der Waals surface area contributed by atoms with Crippen LogP contribution in [-0.2, 0) is 0 Å². The summed E-state index contributed by atoms with van der Waals surface area (Å²) in [6, 6.07) is 6.45. The van der Waals surface area contributed by atoms with E-state index in [9.17, 15) is 10.1 Å². The van der Waals surface area contributed by atoms with Crippen molar-refractivity contribution < 1.29 is 14.4 Å². The van der Waals surface area contributed by atoms with Gasteiger partial charge in [-0.05, 0) is 26.0 Å². The van der Waals surface area contributed by atoms with E-state index in [-0.39, 0.29) is 23.5 Å². The standard InChI is InChI=1S/C14H19N3O4/c1-10(2)16-11(9-15)6-7-21-12-4-5-14(20-3)13(8-12)17(18)19/h4-5,8,10-11,16H,6-7H2,1-3H3. The van der Waals surface area contributed by atoms with Crippen molar-refractivity contribution in [3.05, 3.63) is 28.3 Å². The molecule has 1 unspecified atom stereocenters. The molecule has 0 aromatic heterocycles. The Bertz CT molecular complexity index is 525. The van der Waals surface area contributed by atoms with Crippen LogP contribution in [0.3, 0.4) is 0 Å². The molecule has 7 nitrogen and oxygen atoms in total. The van der Waals surface area contributed by atoms with Crippen LogP contribution in [-0.4, -0.2) is 30.7 Å². The molecule has 1 atom stereocenters. The zero-order valence-electron chi connectivity index (χ0n) is 12.3. The largest absolute Gasteiger partial charge is 0.493 e. The number of hydrogen-bond donors (Lipinski definition) is 1. The molecule has 0 heterocycles. The van der Waals surface area contributed by atoms with Crippen molar-refractivity contribution in [2.75, 3.05) is 13.7 Å². The van der Waals surface area contributed by atoms with E-state index in [1.807, 2.05) is 13.8 Å². The molecule has 0 saturated carbocycles. The molecule has 1 N–H and O–H groups in total. The number of nitrogens with zero attached hydrogens (tertiary/aromatic N) is 2. The summed E-state index contributed by atoms with van der Waals surface area (Å²) < 4.78 is 10.4. The van der Waals surface area contributed by atoms with Crippen molar-refractivity contribution in [3.63, 3.8) is 0 Å². The summed E-state index contributed by atoms with van der Waals surface area (Å²) >= 11 is 0.